The van der Waals surface area contributed by atoms with Gasteiger partial charge < -0.3 is 14.0 Å². The first-order valence-electron chi connectivity index (χ1n) is 10.5. The number of nitriles is 1. The van der Waals surface area contributed by atoms with Gasteiger partial charge in [-0.3, -0.25) is 5.32 Å². The summed E-state index contributed by atoms with van der Waals surface area (Å²) < 4.78 is 13.0. The smallest absolute Gasteiger partial charge is 0.411 e. The predicted molar refractivity (Wildman–Crippen MR) is 121 cm³/mol. The number of anilines is 1. The Morgan fingerprint density at radius 1 is 1.29 bits per heavy atom. The molecule has 6 nitrogen and oxygen atoms in total. The van der Waals surface area contributed by atoms with Crippen LogP contribution in [0.3, 0.4) is 0 Å². The second-order valence-corrected chi connectivity index (χ2v) is 7.49. The SMILES string of the molecule is C=CCOC(=O)Nc1ccc(-c2c(C#N)c3ccc(OCC)cc3n2C2CCC2)cc1. The van der Waals surface area contributed by atoms with Gasteiger partial charge in [-0.15, -0.1) is 0 Å². The summed E-state index contributed by atoms with van der Waals surface area (Å²) in [6.07, 6.45) is 4.36. The average molecular weight is 415 g/mol. The maximum atomic E-state index is 11.8. The van der Waals surface area contributed by atoms with E-state index in [0.717, 1.165) is 40.8 Å². The van der Waals surface area contributed by atoms with Crippen LogP contribution in [0.4, 0.5) is 10.5 Å². The molecule has 4 rings (SSSR count). The van der Waals surface area contributed by atoms with Gasteiger partial charge in [0.05, 0.1) is 23.4 Å². The normalized spacial score (nSPS) is 13.3. The highest BCUT2D eigenvalue weighted by Crippen LogP contribution is 2.43. The van der Waals surface area contributed by atoms with Crippen LogP contribution < -0.4 is 10.1 Å². The number of carbonyl (C=O) groups excluding carboxylic acids is 1. The van der Waals surface area contributed by atoms with Gasteiger partial charge in [0.15, 0.2) is 0 Å². The van der Waals surface area contributed by atoms with E-state index >= 15 is 0 Å². The van der Waals surface area contributed by atoms with Crippen molar-refractivity contribution in [1.29, 1.82) is 5.26 Å². The lowest BCUT2D eigenvalue weighted by Crippen LogP contribution is -2.18. The van der Waals surface area contributed by atoms with Crippen LogP contribution in [0.15, 0.2) is 55.1 Å². The third-order valence-electron chi connectivity index (χ3n) is 5.58. The molecule has 0 unspecified atom stereocenters. The fraction of sp³-hybridized carbons (Fsp3) is 0.280. The highest BCUT2D eigenvalue weighted by molar-refractivity contribution is 5.96. The van der Waals surface area contributed by atoms with E-state index in [-0.39, 0.29) is 6.61 Å². The van der Waals surface area contributed by atoms with Crippen LogP contribution in [0.25, 0.3) is 22.2 Å². The first-order valence-corrected chi connectivity index (χ1v) is 10.5. The maximum Gasteiger partial charge on any atom is 0.411 e. The van der Waals surface area contributed by atoms with Gasteiger partial charge in [0, 0.05) is 23.2 Å². The molecule has 1 N–H and O–H groups in total. The number of amides is 1. The van der Waals surface area contributed by atoms with Crippen molar-refractivity contribution in [2.45, 2.75) is 32.2 Å². The molecule has 0 aliphatic heterocycles. The van der Waals surface area contributed by atoms with E-state index in [9.17, 15) is 10.1 Å². The van der Waals surface area contributed by atoms with Crippen molar-refractivity contribution in [3.8, 4) is 23.1 Å². The molecule has 31 heavy (non-hydrogen) atoms. The summed E-state index contributed by atoms with van der Waals surface area (Å²) in [4.78, 5) is 11.8. The minimum Gasteiger partial charge on any atom is -0.494 e. The monoisotopic (exact) mass is 415 g/mol. The molecule has 1 aromatic heterocycles. The van der Waals surface area contributed by atoms with E-state index in [2.05, 4.69) is 22.5 Å². The Labute approximate surface area is 181 Å². The molecular formula is C25H25N3O3. The maximum absolute atomic E-state index is 11.8. The molecule has 3 aromatic rings. The number of carbonyl (C=O) groups is 1. The second kappa shape index (κ2) is 8.97. The zero-order valence-corrected chi connectivity index (χ0v) is 17.6. The van der Waals surface area contributed by atoms with Crippen LogP contribution in [0.2, 0.25) is 0 Å². The standard InChI is InChI=1S/C25H25N3O3/c1-3-14-31-25(29)27-18-10-8-17(9-11-18)24-22(16-26)21-13-12-20(30-4-2)15-23(21)28(24)19-6-5-7-19/h3,8-13,15,19H,1,4-7,14H2,2H3,(H,27,29). The Hall–Kier alpha value is -3.72. The Morgan fingerprint density at radius 3 is 2.68 bits per heavy atom. The van der Waals surface area contributed by atoms with Gasteiger partial charge in [0.1, 0.15) is 18.4 Å². The third kappa shape index (κ3) is 3.99. The van der Waals surface area contributed by atoms with Crippen LogP contribution in [0.5, 0.6) is 5.75 Å². The Kier molecular flexibility index (Phi) is 5.94. The number of fused-ring (bicyclic) bond motifs is 1. The molecule has 0 saturated heterocycles. The van der Waals surface area contributed by atoms with E-state index < -0.39 is 6.09 Å². The van der Waals surface area contributed by atoms with Gasteiger partial charge in [-0.05, 0) is 56.0 Å². The van der Waals surface area contributed by atoms with Crippen LogP contribution in [0, 0.1) is 11.3 Å². The van der Waals surface area contributed by atoms with E-state index in [4.69, 9.17) is 9.47 Å². The van der Waals surface area contributed by atoms with Crippen molar-refractivity contribution in [1.82, 2.24) is 4.57 Å². The van der Waals surface area contributed by atoms with Gasteiger partial charge in [0.25, 0.3) is 0 Å². The largest absolute Gasteiger partial charge is 0.494 e. The molecule has 1 heterocycles. The van der Waals surface area contributed by atoms with Gasteiger partial charge in [0.2, 0.25) is 0 Å². The molecule has 1 aliphatic carbocycles. The van der Waals surface area contributed by atoms with Gasteiger partial charge in [-0.2, -0.15) is 5.26 Å². The molecule has 0 bridgehead atoms. The predicted octanol–water partition coefficient (Wildman–Crippen LogP) is 6.04. The molecule has 0 spiro atoms. The molecular weight excluding hydrogens is 390 g/mol. The number of rotatable bonds is 7. The molecule has 158 valence electrons. The minimum atomic E-state index is -0.530. The summed E-state index contributed by atoms with van der Waals surface area (Å²) >= 11 is 0. The van der Waals surface area contributed by atoms with Crippen LogP contribution in [-0.2, 0) is 4.74 Å². The number of ether oxygens (including phenoxy) is 2. The minimum absolute atomic E-state index is 0.153. The highest BCUT2D eigenvalue weighted by Gasteiger charge is 2.28. The summed E-state index contributed by atoms with van der Waals surface area (Å²) in [6.45, 7) is 6.24. The molecule has 0 atom stereocenters. The lowest BCUT2D eigenvalue weighted by molar-refractivity contribution is 0.174. The Balaban J connectivity index is 1.76. The fourth-order valence-electron chi connectivity index (χ4n) is 3.97. The lowest BCUT2D eigenvalue weighted by Gasteiger charge is -2.30. The van der Waals surface area contributed by atoms with Crippen LogP contribution in [0.1, 0.15) is 37.8 Å². The molecule has 6 heteroatoms. The van der Waals surface area contributed by atoms with Crippen molar-refractivity contribution in [2.24, 2.45) is 0 Å². The van der Waals surface area contributed by atoms with E-state index in [0.29, 0.717) is 23.9 Å². The van der Waals surface area contributed by atoms with Crippen molar-refractivity contribution in [3.63, 3.8) is 0 Å². The van der Waals surface area contributed by atoms with Crippen molar-refractivity contribution in [2.75, 3.05) is 18.5 Å². The Bertz CT molecular complexity index is 1150. The molecule has 0 radical (unpaired) electrons. The lowest BCUT2D eigenvalue weighted by atomic mass is 9.92. The summed E-state index contributed by atoms with van der Waals surface area (Å²) in [5.74, 6) is 0.807. The topological polar surface area (TPSA) is 76.3 Å². The van der Waals surface area contributed by atoms with E-state index in [1.54, 1.807) is 0 Å². The number of hydrogen-bond donors (Lipinski definition) is 1. The van der Waals surface area contributed by atoms with Crippen molar-refractivity contribution >= 4 is 22.7 Å². The highest BCUT2D eigenvalue weighted by atomic mass is 16.5. The summed E-state index contributed by atoms with van der Waals surface area (Å²) in [7, 11) is 0. The Morgan fingerprint density at radius 2 is 2.06 bits per heavy atom. The molecule has 1 amide bonds. The zero-order valence-electron chi connectivity index (χ0n) is 17.6. The quantitative estimate of drug-likeness (QED) is 0.477. The molecule has 2 aromatic carbocycles. The number of aromatic nitrogens is 1. The third-order valence-corrected chi connectivity index (χ3v) is 5.58. The van der Waals surface area contributed by atoms with E-state index in [1.165, 1.54) is 12.5 Å². The fourth-order valence-corrected chi connectivity index (χ4v) is 3.97. The average Bonchev–Trinajstić information content (AvgIpc) is 3.05. The number of benzene rings is 2. The first-order chi connectivity index (χ1) is 15.2. The molecule has 1 aliphatic rings. The van der Waals surface area contributed by atoms with Crippen molar-refractivity contribution < 1.29 is 14.3 Å². The zero-order chi connectivity index (χ0) is 21.8. The molecule has 1 saturated carbocycles. The van der Waals surface area contributed by atoms with Crippen LogP contribution in [-0.4, -0.2) is 23.9 Å². The van der Waals surface area contributed by atoms with Crippen LogP contribution >= 0.6 is 0 Å². The summed E-state index contributed by atoms with van der Waals surface area (Å²) in [6, 6.07) is 16.2. The number of nitrogens with one attached hydrogen (secondary N) is 1. The van der Waals surface area contributed by atoms with Gasteiger partial charge >= 0.3 is 6.09 Å². The van der Waals surface area contributed by atoms with Gasteiger partial charge in [-0.25, -0.2) is 4.79 Å². The number of hydrogen-bond acceptors (Lipinski definition) is 4. The second-order valence-electron chi connectivity index (χ2n) is 7.49. The summed E-state index contributed by atoms with van der Waals surface area (Å²) in [5, 5.41) is 13.6. The number of nitrogens with zero attached hydrogens (tertiary/aromatic N) is 2. The van der Waals surface area contributed by atoms with Gasteiger partial charge in [-0.1, -0.05) is 24.8 Å². The summed E-state index contributed by atoms with van der Waals surface area (Å²) in [5.41, 5.74) is 4.16. The van der Waals surface area contributed by atoms with E-state index in [1.807, 2.05) is 49.4 Å². The van der Waals surface area contributed by atoms with Crippen molar-refractivity contribution in [3.05, 3.63) is 60.7 Å². The molecule has 1 fully saturated rings. The first kappa shape index (κ1) is 20.5.